The molecule has 0 aliphatic heterocycles. The molecule has 1 heterocycles. The second-order valence-electron chi connectivity index (χ2n) is 4.78. The Hall–Kier alpha value is -1.68. The minimum Gasteiger partial charge on any atom is -0.306 e. The predicted octanol–water partition coefficient (Wildman–Crippen LogP) is 3.43. The molecule has 0 amide bonds. The van der Waals surface area contributed by atoms with Crippen LogP contribution in [0.25, 0.3) is 11.4 Å². The van der Waals surface area contributed by atoms with Gasteiger partial charge in [0, 0.05) is 11.8 Å². The van der Waals surface area contributed by atoms with Crippen LogP contribution in [0.15, 0.2) is 29.1 Å². The zero-order valence-corrected chi connectivity index (χ0v) is 11.5. The molecule has 0 unspecified atom stereocenters. The number of H-pyrrole nitrogens is 1. The first-order chi connectivity index (χ1) is 8.97. The highest BCUT2D eigenvalue weighted by molar-refractivity contribution is 6.31. The number of rotatable bonds is 3. The summed E-state index contributed by atoms with van der Waals surface area (Å²) in [4.78, 5) is 18.4. The Bertz CT molecular complexity index is 652. The minimum atomic E-state index is -0.575. The van der Waals surface area contributed by atoms with E-state index in [0.29, 0.717) is 18.0 Å². The number of benzene rings is 1. The number of halogens is 2. The van der Waals surface area contributed by atoms with E-state index < -0.39 is 5.82 Å². The van der Waals surface area contributed by atoms with Crippen LogP contribution in [-0.4, -0.2) is 9.97 Å². The predicted molar refractivity (Wildman–Crippen MR) is 73.8 cm³/mol. The molecule has 0 atom stereocenters. The second-order valence-corrected chi connectivity index (χ2v) is 5.19. The first-order valence-electron chi connectivity index (χ1n) is 6.02. The molecule has 0 aliphatic carbocycles. The van der Waals surface area contributed by atoms with E-state index in [1.54, 1.807) is 12.1 Å². The molecule has 0 bridgehead atoms. The molecule has 3 nitrogen and oxygen atoms in total. The molecule has 1 N–H and O–H groups in total. The van der Waals surface area contributed by atoms with Crippen LogP contribution in [0.3, 0.4) is 0 Å². The van der Waals surface area contributed by atoms with Gasteiger partial charge in [0.05, 0.1) is 10.6 Å². The topological polar surface area (TPSA) is 45.8 Å². The molecule has 0 aliphatic rings. The van der Waals surface area contributed by atoms with E-state index in [4.69, 9.17) is 11.6 Å². The van der Waals surface area contributed by atoms with Crippen LogP contribution in [0.4, 0.5) is 4.39 Å². The van der Waals surface area contributed by atoms with Crippen LogP contribution in [0, 0.1) is 11.7 Å². The van der Waals surface area contributed by atoms with Crippen molar-refractivity contribution in [3.05, 3.63) is 51.2 Å². The van der Waals surface area contributed by atoms with Crippen molar-refractivity contribution in [1.82, 2.24) is 9.97 Å². The van der Waals surface area contributed by atoms with Gasteiger partial charge in [-0.15, -0.1) is 0 Å². The van der Waals surface area contributed by atoms with Gasteiger partial charge >= 0.3 is 0 Å². The Balaban J connectivity index is 2.53. The highest BCUT2D eigenvalue weighted by Gasteiger charge is 2.12. The maximum atomic E-state index is 13.9. The van der Waals surface area contributed by atoms with E-state index in [0.717, 1.165) is 0 Å². The lowest BCUT2D eigenvalue weighted by Gasteiger charge is -2.07. The standard InChI is InChI=1S/C14H14ClFN2O/c1-8(2)6-9-7-12(19)18-14(17-9)10-4-3-5-11(15)13(10)16/h3-5,7-8H,6H2,1-2H3,(H,17,18,19). The highest BCUT2D eigenvalue weighted by atomic mass is 35.5. The van der Waals surface area contributed by atoms with Gasteiger partial charge in [-0.1, -0.05) is 31.5 Å². The average Bonchev–Trinajstić information content (AvgIpc) is 2.31. The van der Waals surface area contributed by atoms with Crippen molar-refractivity contribution >= 4 is 11.6 Å². The maximum Gasteiger partial charge on any atom is 0.251 e. The minimum absolute atomic E-state index is 0.00871. The normalized spacial score (nSPS) is 11.0. The van der Waals surface area contributed by atoms with Crippen molar-refractivity contribution in [2.75, 3.05) is 0 Å². The van der Waals surface area contributed by atoms with E-state index in [2.05, 4.69) is 9.97 Å². The van der Waals surface area contributed by atoms with Crippen molar-refractivity contribution in [3.8, 4) is 11.4 Å². The van der Waals surface area contributed by atoms with Crippen LogP contribution >= 0.6 is 11.6 Å². The molecule has 2 aromatic rings. The lowest BCUT2D eigenvalue weighted by Crippen LogP contribution is -2.12. The third kappa shape index (κ3) is 3.20. The second kappa shape index (κ2) is 5.53. The fourth-order valence-corrected chi connectivity index (χ4v) is 2.02. The SMILES string of the molecule is CC(C)Cc1cc(=O)[nH]c(-c2cccc(Cl)c2F)n1. The molecule has 0 spiro atoms. The molecule has 0 fully saturated rings. The number of aromatic amines is 1. The molecule has 19 heavy (non-hydrogen) atoms. The molecule has 0 saturated heterocycles. The van der Waals surface area contributed by atoms with Crippen LogP contribution < -0.4 is 5.56 Å². The van der Waals surface area contributed by atoms with Gasteiger partial charge in [-0.25, -0.2) is 9.37 Å². The maximum absolute atomic E-state index is 13.9. The molecule has 5 heteroatoms. The summed E-state index contributed by atoms with van der Waals surface area (Å²) in [5.41, 5.74) is 0.559. The smallest absolute Gasteiger partial charge is 0.251 e. The van der Waals surface area contributed by atoms with Gasteiger partial charge in [-0.3, -0.25) is 4.79 Å². The first kappa shape index (κ1) is 13.7. The monoisotopic (exact) mass is 280 g/mol. The zero-order chi connectivity index (χ0) is 14.0. The van der Waals surface area contributed by atoms with Gasteiger partial charge in [0.2, 0.25) is 0 Å². The largest absolute Gasteiger partial charge is 0.306 e. The Morgan fingerprint density at radius 3 is 2.84 bits per heavy atom. The van der Waals surface area contributed by atoms with E-state index in [9.17, 15) is 9.18 Å². The number of hydrogen-bond acceptors (Lipinski definition) is 2. The molecule has 0 radical (unpaired) electrons. The molecular formula is C14H14ClFN2O. The summed E-state index contributed by atoms with van der Waals surface area (Å²) < 4.78 is 13.9. The Labute approximate surface area is 115 Å². The fraction of sp³-hybridized carbons (Fsp3) is 0.286. The lowest BCUT2D eigenvalue weighted by atomic mass is 10.1. The average molecular weight is 281 g/mol. The fourth-order valence-electron chi connectivity index (χ4n) is 1.85. The van der Waals surface area contributed by atoms with Crippen molar-refractivity contribution < 1.29 is 4.39 Å². The van der Waals surface area contributed by atoms with E-state index in [-0.39, 0.29) is 22.0 Å². The molecule has 1 aromatic heterocycles. The van der Waals surface area contributed by atoms with Gasteiger partial charge in [-0.05, 0) is 24.5 Å². The third-order valence-electron chi connectivity index (χ3n) is 2.62. The third-order valence-corrected chi connectivity index (χ3v) is 2.91. The molecule has 1 aromatic carbocycles. The summed E-state index contributed by atoms with van der Waals surface area (Å²) in [7, 11) is 0. The van der Waals surface area contributed by atoms with Gasteiger partial charge in [-0.2, -0.15) is 0 Å². The number of hydrogen-bond donors (Lipinski definition) is 1. The van der Waals surface area contributed by atoms with E-state index in [1.807, 2.05) is 13.8 Å². The first-order valence-corrected chi connectivity index (χ1v) is 6.40. The Morgan fingerprint density at radius 1 is 1.42 bits per heavy atom. The summed E-state index contributed by atoms with van der Waals surface area (Å²) in [6.45, 7) is 4.06. The Kier molecular flexibility index (Phi) is 4.00. The number of nitrogens with one attached hydrogen (secondary N) is 1. The lowest BCUT2D eigenvalue weighted by molar-refractivity contribution is 0.625. The van der Waals surface area contributed by atoms with Gasteiger partial charge in [0.1, 0.15) is 5.82 Å². The van der Waals surface area contributed by atoms with Crippen LogP contribution in [0.2, 0.25) is 5.02 Å². The van der Waals surface area contributed by atoms with Crippen LogP contribution in [0.1, 0.15) is 19.5 Å². The Morgan fingerprint density at radius 2 is 2.16 bits per heavy atom. The van der Waals surface area contributed by atoms with E-state index >= 15 is 0 Å². The van der Waals surface area contributed by atoms with E-state index in [1.165, 1.54) is 12.1 Å². The summed E-state index contributed by atoms with van der Waals surface area (Å²) in [6, 6.07) is 6.05. The zero-order valence-electron chi connectivity index (χ0n) is 10.7. The number of nitrogens with zero attached hydrogens (tertiary/aromatic N) is 1. The summed E-state index contributed by atoms with van der Waals surface area (Å²) in [5, 5.41) is 0.00871. The van der Waals surface area contributed by atoms with Crippen LogP contribution in [-0.2, 0) is 6.42 Å². The van der Waals surface area contributed by atoms with Crippen molar-refractivity contribution in [2.45, 2.75) is 20.3 Å². The van der Waals surface area contributed by atoms with Crippen LogP contribution in [0.5, 0.6) is 0 Å². The van der Waals surface area contributed by atoms with Crippen molar-refractivity contribution in [3.63, 3.8) is 0 Å². The summed E-state index contributed by atoms with van der Waals surface area (Å²) in [5.74, 6) is 0.00326. The quantitative estimate of drug-likeness (QED) is 0.936. The molecule has 0 saturated carbocycles. The van der Waals surface area contributed by atoms with Gasteiger partial charge in [0.15, 0.2) is 5.82 Å². The highest BCUT2D eigenvalue weighted by Crippen LogP contribution is 2.24. The molecule has 2 rings (SSSR count). The van der Waals surface area contributed by atoms with Crippen molar-refractivity contribution in [2.24, 2.45) is 5.92 Å². The summed E-state index contributed by atoms with van der Waals surface area (Å²) >= 11 is 5.73. The van der Waals surface area contributed by atoms with Gasteiger partial charge < -0.3 is 4.98 Å². The number of aromatic nitrogens is 2. The summed E-state index contributed by atoms with van der Waals surface area (Å²) in [6.07, 6.45) is 0.666. The van der Waals surface area contributed by atoms with Gasteiger partial charge in [0.25, 0.3) is 5.56 Å². The molecule has 100 valence electrons. The van der Waals surface area contributed by atoms with Crippen molar-refractivity contribution in [1.29, 1.82) is 0 Å². The molecular weight excluding hydrogens is 267 g/mol.